The molecule has 3 N–H and O–H groups in total. The van der Waals surface area contributed by atoms with Gasteiger partial charge in [-0.3, -0.25) is 4.79 Å². The van der Waals surface area contributed by atoms with Gasteiger partial charge >= 0.3 is 5.97 Å². The van der Waals surface area contributed by atoms with Crippen molar-refractivity contribution in [2.24, 2.45) is 0 Å². The number of methoxy groups -OCH3 is 1. The Bertz CT molecular complexity index is 422. The van der Waals surface area contributed by atoms with E-state index in [1.807, 2.05) is 0 Å². The number of rotatable bonds is 5. The van der Waals surface area contributed by atoms with Gasteiger partial charge in [-0.15, -0.1) is 0 Å². The van der Waals surface area contributed by atoms with Gasteiger partial charge in [-0.1, -0.05) is 11.6 Å². The molecule has 0 heterocycles. The highest BCUT2D eigenvalue weighted by molar-refractivity contribution is 6.32. The highest BCUT2D eigenvalue weighted by atomic mass is 35.5. The summed E-state index contributed by atoms with van der Waals surface area (Å²) >= 11 is 5.81. The van der Waals surface area contributed by atoms with Crippen molar-refractivity contribution >= 4 is 17.6 Å². The maximum Gasteiger partial charge on any atom is 0.321 e. The maximum absolute atomic E-state index is 10.9. The zero-order valence-electron chi connectivity index (χ0n) is 9.53. The normalized spacial score (nSPS) is 12.2. The molecule has 1 atom stereocenters. The predicted molar refractivity (Wildman–Crippen MR) is 63.9 cm³/mol. The molecule has 1 rings (SSSR count). The molecule has 0 aliphatic carbocycles. The first-order valence-corrected chi connectivity index (χ1v) is 5.32. The largest absolute Gasteiger partial charge is 0.503 e. The Labute approximate surface area is 104 Å². The Morgan fingerprint density at radius 3 is 2.71 bits per heavy atom. The quantitative estimate of drug-likeness (QED) is 0.742. The van der Waals surface area contributed by atoms with E-state index in [1.165, 1.54) is 13.2 Å². The van der Waals surface area contributed by atoms with Gasteiger partial charge in [0, 0.05) is 0 Å². The number of phenolic OH excluding ortho intramolecular Hbond substituents is 1. The van der Waals surface area contributed by atoms with Crippen LogP contribution in [0.15, 0.2) is 12.1 Å². The van der Waals surface area contributed by atoms with E-state index < -0.39 is 12.0 Å². The van der Waals surface area contributed by atoms with Gasteiger partial charge in [0.15, 0.2) is 11.5 Å². The van der Waals surface area contributed by atoms with Crippen LogP contribution in [0.2, 0.25) is 5.02 Å². The summed E-state index contributed by atoms with van der Waals surface area (Å²) in [5.74, 6) is -0.863. The fraction of sp³-hybridized carbons (Fsp3) is 0.364. The molecule has 0 saturated carbocycles. The number of phenols is 1. The van der Waals surface area contributed by atoms with Crippen LogP contribution in [0.5, 0.6) is 11.5 Å². The van der Waals surface area contributed by atoms with Gasteiger partial charge in [0.25, 0.3) is 0 Å². The average Bonchev–Trinajstić information content (AvgIpc) is 2.29. The molecule has 0 aliphatic rings. The molecule has 0 radical (unpaired) electrons. The smallest absolute Gasteiger partial charge is 0.321 e. The lowest BCUT2D eigenvalue weighted by Crippen LogP contribution is -2.35. The van der Waals surface area contributed by atoms with Crippen LogP contribution in [-0.4, -0.2) is 36.4 Å². The first-order chi connectivity index (χ1) is 7.99. The Morgan fingerprint density at radius 1 is 1.59 bits per heavy atom. The second-order valence-corrected chi connectivity index (χ2v) is 3.92. The molecular weight excluding hydrogens is 246 g/mol. The standard InChI is InChI=1S/C11H14ClNO4/c1-13-8(11(15)16)4-6-3-7(12)10(14)9(5-6)17-2/h3,5,8,13-14H,4H2,1-2H3,(H,15,16)/t8-/m1/s1. The van der Waals surface area contributed by atoms with Crippen LogP contribution in [0.25, 0.3) is 0 Å². The third kappa shape index (κ3) is 3.25. The first kappa shape index (κ1) is 13.6. The Balaban J connectivity index is 2.99. The van der Waals surface area contributed by atoms with E-state index in [2.05, 4.69) is 5.32 Å². The average molecular weight is 260 g/mol. The Hall–Kier alpha value is -1.46. The molecule has 17 heavy (non-hydrogen) atoms. The van der Waals surface area contributed by atoms with Gasteiger partial charge in [0.2, 0.25) is 0 Å². The number of aromatic hydroxyl groups is 1. The van der Waals surface area contributed by atoms with Crippen molar-refractivity contribution in [2.75, 3.05) is 14.2 Å². The number of carbonyl (C=O) groups is 1. The third-order valence-corrected chi connectivity index (χ3v) is 2.68. The van der Waals surface area contributed by atoms with E-state index in [0.717, 1.165) is 0 Å². The predicted octanol–water partition coefficient (Wildman–Crippen LogP) is 1.27. The van der Waals surface area contributed by atoms with E-state index in [-0.39, 0.29) is 22.9 Å². The topological polar surface area (TPSA) is 78.8 Å². The molecular formula is C11H14ClNO4. The molecule has 0 aromatic heterocycles. The zero-order valence-corrected chi connectivity index (χ0v) is 10.3. The number of hydrogen-bond donors (Lipinski definition) is 3. The molecule has 0 spiro atoms. The number of nitrogens with one attached hydrogen (secondary N) is 1. The summed E-state index contributed by atoms with van der Waals surface area (Å²) in [5.41, 5.74) is 0.673. The fourth-order valence-corrected chi connectivity index (χ4v) is 1.68. The van der Waals surface area contributed by atoms with Gasteiger partial charge in [-0.2, -0.15) is 0 Å². The van der Waals surface area contributed by atoms with Gasteiger partial charge < -0.3 is 20.3 Å². The molecule has 0 fully saturated rings. The van der Waals surface area contributed by atoms with Crippen LogP contribution in [-0.2, 0) is 11.2 Å². The molecule has 6 heteroatoms. The number of carboxylic acids is 1. The lowest BCUT2D eigenvalue weighted by atomic mass is 10.1. The highest BCUT2D eigenvalue weighted by Gasteiger charge is 2.17. The molecule has 0 unspecified atom stereocenters. The minimum atomic E-state index is -0.948. The van der Waals surface area contributed by atoms with Crippen molar-refractivity contribution in [2.45, 2.75) is 12.5 Å². The first-order valence-electron chi connectivity index (χ1n) is 4.95. The van der Waals surface area contributed by atoms with E-state index >= 15 is 0 Å². The van der Waals surface area contributed by atoms with Crippen LogP contribution in [0.1, 0.15) is 5.56 Å². The summed E-state index contributed by atoms with van der Waals surface area (Å²) in [6.07, 6.45) is 0.252. The fourth-order valence-electron chi connectivity index (χ4n) is 1.45. The summed E-state index contributed by atoms with van der Waals surface area (Å²) in [6, 6.07) is 2.38. The lowest BCUT2D eigenvalue weighted by molar-refractivity contribution is -0.139. The monoisotopic (exact) mass is 259 g/mol. The van der Waals surface area contributed by atoms with E-state index in [1.54, 1.807) is 13.1 Å². The summed E-state index contributed by atoms with van der Waals surface area (Å²) < 4.78 is 4.94. The minimum absolute atomic E-state index is 0.139. The number of hydrogen-bond acceptors (Lipinski definition) is 4. The molecule has 1 aromatic carbocycles. The SMILES string of the molecule is CN[C@H](Cc1cc(Cl)c(O)c(OC)c1)C(=O)O. The van der Waals surface area contributed by atoms with Crippen LogP contribution < -0.4 is 10.1 Å². The van der Waals surface area contributed by atoms with Gasteiger partial charge in [-0.25, -0.2) is 0 Å². The molecule has 5 nitrogen and oxygen atoms in total. The number of ether oxygens (including phenoxy) is 1. The number of benzene rings is 1. The minimum Gasteiger partial charge on any atom is -0.503 e. The summed E-state index contributed by atoms with van der Waals surface area (Å²) in [4.78, 5) is 10.9. The second kappa shape index (κ2) is 5.75. The molecule has 0 saturated heterocycles. The second-order valence-electron chi connectivity index (χ2n) is 3.51. The van der Waals surface area contributed by atoms with E-state index in [4.69, 9.17) is 21.4 Å². The molecule has 0 amide bonds. The van der Waals surface area contributed by atoms with Gasteiger partial charge in [-0.05, 0) is 31.2 Å². The third-order valence-electron chi connectivity index (χ3n) is 2.39. The van der Waals surface area contributed by atoms with Crippen LogP contribution in [0.4, 0.5) is 0 Å². The zero-order chi connectivity index (χ0) is 13.0. The van der Waals surface area contributed by atoms with Crippen LogP contribution in [0.3, 0.4) is 0 Å². The van der Waals surface area contributed by atoms with Gasteiger partial charge in [0.05, 0.1) is 12.1 Å². The van der Waals surface area contributed by atoms with E-state index in [9.17, 15) is 9.90 Å². The molecule has 1 aromatic rings. The Morgan fingerprint density at radius 2 is 2.24 bits per heavy atom. The van der Waals surface area contributed by atoms with Crippen molar-refractivity contribution in [1.29, 1.82) is 0 Å². The van der Waals surface area contributed by atoms with Crippen molar-refractivity contribution in [1.82, 2.24) is 5.32 Å². The lowest BCUT2D eigenvalue weighted by Gasteiger charge is -2.13. The van der Waals surface area contributed by atoms with Crippen molar-refractivity contribution in [3.8, 4) is 11.5 Å². The van der Waals surface area contributed by atoms with Crippen LogP contribution >= 0.6 is 11.6 Å². The van der Waals surface area contributed by atoms with Crippen molar-refractivity contribution in [3.05, 3.63) is 22.7 Å². The number of carboxylic acid groups (broad SMARTS) is 1. The summed E-state index contributed by atoms with van der Waals surface area (Å²) in [6.45, 7) is 0. The Kier molecular flexibility index (Phi) is 4.60. The van der Waals surface area contributed by atoms with Crippen LogP contribution in [0, 0.1) is 0 Å². The molecule has 94 valence electrons. The van der Waals surface area contributed by atoms with Gasteiger partial charge in [0.1, 0.15) is 6.04 Å². The van der Waals surface area contributed by atoms with Crippen molar-refractivity contribution < 1.29 is 19.7 Å². The highest BCUT2D eigenvalue weighted by Crippen LogP contribution is 2.35. The van der Waals surface area contributed by atoms with Crippen molar-refractivity contribution in [3.63, 3.8) is 0 Å². The maximum atomic E-state index is 10.9. The number of aliphatic carboxylic acids is 1. The molecule has 0 bridgehead atoms. The summed E-state index contributed by atoms with van der Waals surface area (Å²) in [5, 5.41) is 21.3. The molecule has 0 aliphatic heterocycles. The summed E-state index contributed by atoms with van der Waals surface area (Å²) in [7, 11) is 2.97. The number of likely N-dealkylation sites (N-methyl/N-ethyl adjacent to an activating group) is 1. The van der Waals surface area contributed by atoms with E-state index in [0.29, 0.717) is 5.56 Å². The number of halogens is 1.